The van der Waals surface area contributed by atoms with Crippen molar-refractivity contribution in [2.45, 2.75) is 16.8 Å². The van der Waals surface area contributed by atoms with Crippen LogP contribution < -0.4 is 14.8 Å². The lowest BCUT2D eigenvalue weighted by atomic mass is 10.2. The van der Waals surface area contributed by atoms with Crippen LogP contribution in [-0.4, -0.2) is 43.0 Å². The molecule has 1 aliphatic heterocycles. The fraction of sp³-hybridized carbons (Fsp3) is 0.278. The van der Waals surface area contributed by atoms with Crippen LogP contribution >= 0.6 is 11.8 Å². The van der Waals surface area contributed by atoms with E-state index in [1.54, 1.807) is 37.4 Å². The zero-order chi connectivity index (χ0) is 18.5. The van der Waals surface area contributed by atoms with Gasteiger partial charge >= 0.3 is 6.03 Å². The third-order valence-electron chi connectivity index (χ3n) is 3.74. The van der Waals surface area contributed by atoms with Crippen LogP contribution in [0.25, 0.3) is 0 Å². The zero-order valence-corrected chi connectivity index (χ0v) is 14.8. The lowest BCUT2D eigenvalue weighted by Crippen LogP contribution is -2.43. The number of halogens is 2. The average molecular weight is 380 g/mol. The third-order valence-corrected chi connectivity index (χ3v) is 4.52. The van der Waals surface area contributed by atoms with Gasteiger partial charge in [-0.2, -0.15) is 8.78 Å². The Kier molecular flexibility index (Phi) is 5.82. The second-order valence-corrected chi connectivity index (χ2v) is 6.71. The molecule has 5 nitrogen and oxygen atoms in total. The van der Waals surface area contributed by atoms with Gasteiger partial charge in [0.05, 0.1) is 12.2 Å². The number of urea groups is 1. The van der Waals surface area contributed by atoms with Crippen molar-refractivity contribution in [2.24, 2.45) is 0 Å². The number of alkyl halides is 2. The molecule has 0 bridgehead atoms. The number of nitrogens with zero attached hydrogens (tertiary/aromatic N) is 1. The van der Waals surface area contributed by atoms with E-state index in [1.165, 1.54) is 4.90 Å². The Balaban J connectivity index is 1.59. The number of ether oxygens (including phenoxy) is 2. The molecule has 26 heavy (non-hydrogen) atoms. The van der Waals surface area contributed by atoms with Gasteiger partial charge in [0.25, 0.3) is 5.76 Å². The number of thioether (sulfide) groups is 1. The largest absolute Gasteiger partial charge is 0.486 e. The summed E-state index contributed by atoms with van der Waals surface area (Å²) in [5, 5.41) is 2.66. The molecule has 138 valence electrons. The number of benzene rings is 2. The van der Waals surface area contributed by atoms with Gasteiger partial charge in [-0.1, -0.05) is 36.0 Å². The van der Waals surface area contributed by atoms with Crippen molar-refractivity contribution in [2.75, 3.05) is 25.5 Å². The van der Waals surface area contributed by atoms with Crippen LogP contribution in [0.3, 0.4) is 0 Å². The summed E-state index contributed by atoms with van der Waals surface area (Å²) in [6, 6.07) is 13.4. The van der Waals surface area contributed by atoms with Gasteiger partial charge in [0, 0.05) is 11.9 Å². The van der Waals surface area contributed by atoms with E-state index in [0.717, 1.165) is 0 Å². The van der Waals surface area contributed by atoms with E-state index in [-0.39, 0.29) is 6.10 Å². The first-order valence-corrected chi connectivity index (χ1v) is 8.85. The molecule has 0 radical (unpaired) electrons. The van der Waals surface area contributed by atoms with E-state index in [4.69, 9.17) is 9.47 Å². The van der Waals surface area contributed by atoms with E-state index in [2.05, 4.69) is 5.32 Å². The topological polar surface area (TPSA) is 50.8 Å². The number of hydrogen-bond donors (Lipinski definition) is 1. The highest BCUT2D eigenvalue weighted by Crippen LogP contribution is 2.32. The predicted molar refractivity (Wildman–Crippen MR) is 96.3 cm³/mol. The Bertz CT molecular complexity index is 776. The van der Waals surface area contributed by atoms with Crippen LogP contribution in [-0.2, 0) is 0 Å². The molecule has 2 aromatic carbocycles. The molecule has 0 saturated carbocycles. The lowest BCUT2D eigenvalue weighted by molar-refractivity contribution is 0.0731. The summed E-state index contributed by atoms with van der Waals surface area (Å²) in [6.07, 6.45) is -0.314. The number of carbonyl (C=O) groups excluding carboxylic acids is 1. The molecule has 1 N–H and O–H groups in total. The van der Waals surface area contributed by atoms with Gasteiger partial charge in [-0.05, 0) is 24.3 Å². The minimum absolute atomic E-state index is 0.296. The molecular weight excluding hydrogens is 362 g/mol. The molecule has 0 spiro atoms. The number of likely N-dealkylation sites (N-methyl/N-ethyl adjacent to an activating group) is 1. The molecule has 2 aromatic rings. The minimum Gasteiger partial charge on any atom is -0.486 e. The van der Waals surface area contributed by atoms with Crippen molar-refractivity contribution in [1.82, 2.24) is 4.90 Å². The number of nitrogens with one attached hydrogen (secondary N) is 1. The Morgan fingerprint density at radius 3 is 2.69 bits per heavy atom. The molecule has 2 amide bonds. The number of rotatable bonds is 5. The molecule has 0 aliphatic carbocycles. The third kappa shape index (κ3) is 4.57. The standard InChI is InChI=1S/C18H18F2N2O3S/c1-22(10-12-11-24-14-7-3-4-8-15(14)25-12)18(23)21-13-6-2-5-9-16(13)26-17(19)20/h2-9,12,17H,10-11H2,1H3,(H,21,23). The van der Waals surface area contributed by atoms with Gasteiger partial charge in [-0.3, -0.25) is 0 Å². The summed E-state index contributed by atoms with van der Waals surface area (Å²) in [5.74, 6) is -1.25. The van der Waals surface area contributed by atoms with Crippen molar-refractivity contribution < 1.29 is 23.0 Å². The lowest BCUT2D eigenvalue weighted by Gasteiger charge is -2.29. The van der Waals surface area contributed by atoms with E-state index < -0.39 is 11.8 Å². The first-order valence-electron chi connectivity index (χ1n) is 7.97. The average Bonchev–Trinajstić information content (AvgIpc) is 2.62. The molecule has 0 saturated heterocycles. The molecule has 1 atom stereocenters. The van der Waals surface area contributed by atoms with Crippen LogP contribution in [0.4, 0.5) is 19.3 Å². The van der Waals surface area contributed by atoms with Crippen molar-refractivity contribution in [3.63, 3.8) is 0 Å². The molecule has 0 aromatic heterocycles. The van der Waals surface area contributed by atoms with Crippen molar-refractivity contribution in [3.05, 3.63) is 48.5 Å². The van der Waals surface area contributed by atoms with Gasteiger partial charge in [0.15, 0.2) is 17.6 Å². The molecule has 1 unspecified atom stereocenters. The normalized spacial score (nSPS) is 15.6. The first kappa shape index (κ1) is 18.3. The second kappa shape index (κ2) is 8.27. The first-order chi connectivity index (χ1) is 12.5. The van der Waals surface area contributed by atoms with Crippen molar-refractivity contribution >= 4 is 23.5 Å². The van der Waals surface area contributed by atoms with Gasteiger partial charge in [0.1, 0.15) is 6.61 Å². The van der Waals surface area contributed by atoms with Crippen LogP contribution in [0.1, 0.15) is 0 Å². The summed E-state index contributed by atoms with van der Waals surface area (Å²) in [7, 11) is 1.61. The maximum absolute atomic E-state index is 12.6. The molecular formula is C18H18F2N2O3S. The Labute approximate surface area is 154 Å². The van der Waals surface area contributed by atoms with Crippen molar-refractivity contribution in [3.8, 4) is 11.5 Å². The number of amides is 2. The maximum atomic E-state index is 12.6. The summed E-state index contributed by atoms with van der Waals surface area (Å²) in [5.41, 5.74) is 0.348. The highest BCUT2D eigenvalue weighted by molar-refractivity contribution is 7.99. The smallest absolute Gasteiger partial charge is 0.321 e. The quantitative estimate of drug-likeness (QED) is 0.786. The monoisotopic (exact) mass is 380 g/mol. The summed E-state index contributed by atoms with van der Waals surface area (Å²) in [4.78, 5) is 14.1. The van der Waals surface area contributed by atoms with Gasteiger partial charge < -0.3 is 19.7 Å². The summed E-state index contributed by atoms with van der Waals surface area (Å²) < 4.78 is 36.7. The number of anilines is 1. The van der Waals surface area contributed by atoms with E-state index in [0.29, 0.717) is 47.0 Å². The van der Waals surface area contributed by atoms with Crippen LogP contribution in [0.5, 0.6) is 11.5 Å². The number of carbonyl (C=O) groups is 1. The predicted octanol–water partition coefficient (Wildman–Crippen LogP) is 4.31. The van der Waals surface area contributed by atoms with Crippen LogP contribution in [0.15, 0.2) is 53.4 Å². The van der Waals surface area contributed by atoms with Gasteiger partial charge in [-0.15, -0.1) is 0 Å². The molecule has 8 heteroatoms. The number of hydrogen-bond acceptors (Lipinski definition) is 4. The Hall–Kier alpha value is -2.48. The molecule has 0 fully saturated rings. The molecule has 3 rings (SSSR count). The fourth-order valence-electron chi connectivity index (χ4n) is 2.52. The number of para-hydroxylation sites is 3. The molecule has 1 heterocycles. The Morgan fingerprint density at radius 2 is 1.92 bits per heavy atom. The maximum Gasteiger partial charge on any atom is 0.321 e. The zero-order valence-electron chi connectivity index (χ0n) is 14.0. The summed E-state index contributed by atoms with van der Waals surface area (Å²) in [6.45, 7) is 0.622. The van der Waals surface area contributed by atoms with E-state index in [1.807, 2.05) is 18.2 Å². The van der Waals surface area contributed by atoms with E-state index >= 15 is 0 Å². The van der Waals surface area contributed by atoms with Crippen LogP contribution in [0, 0.1) is 0 Å². The van der Waals surface area contributed by atoms with E-state index in [9.17, 15) is 13.6 Å². The van der Waals surface area contributed by atoms with Crippen LogP contribution in [0.2, 0.25) is 0 Å². The second-order valence-electron chi connectivity index (χ2n) is 5.68. The highest BCUT2D eigenvalue weighted by atomic mass is 32.2. The van der Waals surface area contributed by atoms with Gasteiger partial charge in [0.2, 0.25) is 0 Å². The molecule has 1 aliphatic rings. The SMILES string of the molecule is CN(CC1COc2ccccc2O1)C(=O)Nc1ccccc1SC(F)F. The van der Waals surface area contributed by atoms with Gasteiger partial charge in [-0.25, -0.2) is 4.79 Å². The summed E-state index contributed by atoms with van der Waals surface area (Å²) >= 11 is 0.395. The Morgan fingerprint density at radius 1 is 1.23 bits per heavy atom. The van der Waals surface area contributed by atoms with Crippen molar-refractivity contribution in [1.29, 1.82) is 0 Å². The highest BCUT2D eigenvalue weighted by Gasteiger charge is 2.24. The fourth-order valence-corrected chi connectivity index (χ4v) is 3.12. The number of fused-ring (bicyclic) bond motifs is 1. The minimum atomic E-state index is -2.56.